The van der Waals surface area contributed by atoms with Crippen LogP contribution in [0.15, 0.2) is 42.5 Å². The number of hydrogen-bond acceptors (Lipinski definition) is 5. The number of anilines is 1. The molecule has 2 aromatic rings. The fourth-order valence-electron chi connectivity index (χ4n) is 2.72. The normalized spacial score (nSPS) is 10.6. The molecule has 0 bridgehead atoms. The molecular weight excluding hydrogens is 358 g/mol. The minimum absolute atomic E-state index is 0.0960. The number of nitrogens with one attached hydrogen (secondary N) is 1. The molecule has 0 aliphatic carbocycles. The molecule has 0 aromatic heterocycles. The number of amides is 1. The van der Waals surface area contributed by atoms with Crippen LogP contribution in [0.1, 0.15) is 41.3 Å². The van der Waals surface area contributed by atoms with E-state index in [1.807, 2.05) is 25.1 Å². The minimum atomic E-state index is -0.432. The summed E-state index contributed by atoms with van der Waals surface area (Å²) in [5.74, 6) is 0.392. The van der Waals surface area contributed by atoms with Gasteiger partial charge in [-0.1, -0.05) is 19.9 Å². The van der Waals surface area contributed by atoms with Gasteiger partial charge in [-0.05, 0) is 60.4 Å². The van der Waals surface area contributed by atoms with Crippen molar-refractivity contribution in [3.05, 3.63) is 59.2 Å². The maximum Gasteiger partial charge on any atom is 0.338 e. The molecule has 2 rings (SSSR count). The molecule has 0 aliphatic rings. The lowest BCUT2D eigenvalue weighted by molar-refractivity contribution is -0.118. The smallest absolute Gasteiger partial charge is 0.338 e. The number of carbonyl (C=O) groups excluding carboxylic acids is 2. The topological polar surface area (TPSA) is 73.9 Å². The lowest BCUT2D eigenvalue weighted by atomic mass is 9.98. The monoisotopic (exact) mass is 385 g/mol. The van der Waals surface area contributed by atoms with Crippen LogP contribution in [0, 0.1) is 6.92 Å². The summed E-state index contributed by atoms with van der Waals surface area (Å²) in [6, 6.07) is 12.3. The van der Waals surface area contributed by atoms with Crippen molar-refractivity contribution >= 4 is 17.6 Å². The van der Waals surface area contributed by atoms with Gasteiger partial charge in [0.25, 0.3) is 5.91 Å². The molecule has 6 nitrogen and oxygen atoms in total. The molecule has 0 radical (unpaired) electrons. The van der Waals surface area contributed by atoms with E-state index in [4.69, 9.17) is 14.2 Å². The number of ether oxygens (including phenoxy) is 3. The van der Waals surface area contributed by atoms with E-state index >= 15 is 0 Å². The van der Waals surface area contributed by atoms with Crippen molar-refractivity contribution in [1.82, 2.24) is 0 Å². The van der Waals surface area contributed by atoms with Crippen molar-refractivity contribution in [3.63, 3.8) is 0 Å². The number of hydrogen-bond donors (Lipinski definition) is 1. The Kier molecular flexibility index (Phi) is 8.02. The molecule has 150 valence electrons. The van der Waals surface area contributed by atoms with E-state index in [9.17, 15) is 9.59 Å². The van der Waals surface area contributed by atoms with E-state index in [0.29, 0.717) is 29.5 Å². The molecule has 28 heavy (non-hydrogen) atoms. The number of benzene rings is 2. The van der Waals surface area contributed by atoms with Gasteiger partial charge in [0.2, 0.25) is 0 Å². The van der Waals surface area contributed by atoms with E-state index in [0.717, 1.165) is 5.56 Å². The molecule has 0 aliphatic heterocycles. The van der Waals surface area contributed by atoms with Gasteiger partial charge >= 0.3 is 5.97 Å². The zero-order valence-electron chi connectivity index (χ0n) is 16.8. The molecule has 2 aromatic carbocycles. The number of rotatable bonds is 9. The van der Waals surface area contributed by atoms with Gasteiger partial charge in [0.15, 0.2) is 6.61 Å². The van der Waals surface area contributed by atoms with Crippen molar-refractivity contribution < 1.29 is 23.8 Å². The van der Waals surface area contributed by atoms with Crippen LogP contribution in [0.5, 0.6) is 5.75 Å². The van der Waals surface area contributed by atoms with Crippen LogP contribution in [0.3, 0.4) is 0 Å². The fourth-order valence-corrected chi connectivity index (χ4v) is 2.72. The highest BCUT2D eigenvalue weighted by molar-refractivity contribution is 5.93. The van der Waals surface area contributed by atoms with Crippen molar-refractivity contribution in [3.8, 4) is 5.75 Å². The van der Waals surface area contributed by atoms with Crippen LogP contribution in [-0.4, -0.2) is 38.8 Å². The van der Waals surface area contributed by atoms with Gasteiger partial charge in [0.1, 0.15) is 12.4 Å². The second-order valence-electron chi connectivity index (χ2n) is 6.72. The second-order valence-corrected chi connectivity index (χ2v) is 6.72. The largest absolute Gasteiger partial charge is 0.484 e. The molecule has 0 heterocycles. The molecular formula is C22H27NO5. The average molecular weight is 385 g/mol. The van der Waals surface area contributed by atoms with Crippen LogP contribution in [0.25, 0.3) is 0 Å². The molecule has 6 heteroatoms. The Bertz CT molecular complexity index is 799. The Hall–Kier alpha value is -2.86. The zero-order chi connectivity index (χ0) is 20.5. The summed E-state index contributed by atoms with van der Waals surface area (Å²) < 4.78 is 15.4. The van der Waals surface area contributed by atoms with Gasteiger partial charge in [-0.3, -0.25) is 4.79 Å². The standard InChI is InChI=1S/C22H27NO5/c1-15(2)20-10-9-19(13-16(20)3)28-14-21(24)23-18-7-5-17(6-8-18)22(25)27-12-11-26-4/h5-10,13,15H,11-12,14H2,1-4H3,(H,23,24). The molecule has 0 saturated heterocycles. The number of aryl methyl sites for hydroxylation is 1. The quantitative estimate of drug-likeness (QED) is 0.523. The first-order chi connectivity index (χ1) is 13.4. The summed E-state index contributed by atoms with van der Waals surface area (Å²) in [6.45, 7) is 6.76. The Labute approximate surface area is 165 Å². The van der Waals surface area contributed by atoms with Gasteiger partial charge in [-0.25, -0.2) is 4.79 Å². The van der Waals surface area contributed by atoms with E-state index in [2.05, 4.69) is 19.2 Å². The third-order valence-electron chi connectivity index (χ3n) is 4.16. The van der Waals surface area contributed by atoms with Crippen LogP contribution in [0.4, 0.5) is 5.69 Å². The molecule has 0 atom stereocenters. The zero-order valence-corrected chi connectivity index (χ0v) is 16.8. The first kappa shape index (κ1) is 21.4. The highest BCUT2D eigenvalue weighted by atomic mass is 16.6. The summed E-state index contributed by atoms with van der Waals surface area (Å²) in [5.41, 5.74) is 3.39. The van der Waals surface area contributed by atoms with Gasteiger partial charge in [0, 0.05) is 12.8 Å². The van der Waals surface area contributed by atoms with E-state index in [1.165, 1.54) is 12.7 Å². The van der Waals surface area contributed by atoms with E-state index < -0.39 is 5.97 Å². The maximum absolute atomic E-state index is 12.1. The number of esters is 1. The highest BCUT2D eigenvalue weighted by Crippen LogP contribution is 2.23. The number of carbonyl (C=O) groups is 2. The van der Waals surface area contributed by atoms with Gasteiger partial charge in [-0.2, -0.15) is 0 Å². The van der Waals surface area contributed by atoms with Gasteiger partial charge in [-0.15, -0.1) is 0 Å². The lowest BCUT2D eigenvalue weighted by Crippen LogP contribution is -2.20. The lowest BCUT2D eigenvalue weighted by Gasteiger charge is -2.12. The number of methoxy groups -OCH3 is 1. The SMILES string of the molecule is COCCOC(=O)c1ccc(NC(=O)COc2ccc(C(C)C)c(C)c2)cc1. The summed E-state index contributed by atoms with van der Waals surface area (Å²) in [4.78, 5) is 23.9. The Morgan fingerprint density at radius 2 is 1.75 bits per heavy atom. The summed E-state index contributed by atoms with van der Waals surface area (Å²) >= 11 is 0. The first-order valence-corrected chi connectivity index (χ1v) is 9.20. The van der Waals surface area contributed by atoms with Crippen molar-refractivity contribution in [2.45, 2.75) is 26.7 Å². The molecule has 0 fully saturated rings. The Balaban J connectivity index is 1.84. The summed E-state index contributed by atoms with van der Waals surface area (Å²) in [6.07, 6.45) is 0. The summed E-state index contributed by atoms with van der Waals surface area (Å²) in [5, 5.41) is 2.74. The van der Waals surface area contributed by atoms with Crippen molar-refractivity contribution in [1.29, 1.82) is 0 Å². The van der Waals surface area contributed by atoms with Crippen LogP contribution in [0.2, 0.25) is 0 Å². The van der Waals surface area contributed by atoms with Crippen LogP contribution < -0.4 is 10.1 Å². The fraction of sp³-hybridized carbons (Fsp3) is 0.364. The van der Waals surface area contributed by atoms with Gasteiger partial charge in [0.05, 0.1) is 12.2 Å². The Morgan fingerprint density at radius 3 is 2.36 bits per heavy atom. The van der Waals surface area contributed by atoms with E-state index in [-0.39, 0.29) is 19.1 Å². The molecule has 1 amide bonds. The molecule has 0 unspecified atom stereocenters. The minimum Gasteiger partial charge on any atom is -0.484 e. The average Bonchev–Trinajstić information content (AvgIpc) is 2.67. The van der Waals surface area contributed by atoms with Crippen LogP contribution in [-0.2, 0) is 14.3 Å². The third kappa shape index (κ3) is 6.39. The maximum atomic E-state index is 12.1. The molecule has 0 spiro atoms. The van der Waals surface area contributed by atoms with Gasteiger partial charge < -0.3 is 19.5 Å². The van der Waals surface area contributed by atoms with Crippen LogP contribution >= 0.6 is 0 Å². The second kappa shape index (κ2) is 10.5. The molecule has 0 saturated carbocycles. The first-order valence-electron chi connectivity index (χ1n) is 9.20. The van der Waals surface area contributed by atoms with E-state index in [1.54, 1.807) is 24.3 Å². The van der Waals surface area contributed by atoms with Crippen molar-refractivity contribution in [2.75, 3.05) is 32.2 Å². The predicted octanol–water partition coefficient (Wildman–Crippen LogP) is 3.94. The summed E-state index contributed by atoms with van der Waals surface area (Å²) in [7, 11) is 1.54. The third-order valence-corrected chi connectivity index (χ3v) is 4.16. The van der Waals surface area contributed by atoms with Crippen molar-refractivity contribution in [2.24, 2.45) is 0 Å². The Morgan fingerprint density at radius 1 is 1.04 bits per heavy atom. The highest BCUT2D eigenvalue weighted by Gasteiger charge is 2.09. The predicted molar refractivity (Wildman–Crippen MR) is 108 cm³/mol. The molecule has 1 N–H and O–H groups in total.